The second-order valence-electron chi connectivity index (χ2n) is 6.70. The van der Waals surface area contributed by atoms with E-state index in [9.17, 15) is 14.4 Å². The minimum absolute atomic E-state index is 0.0998. The van der Waals surface area contributed by atoms with Crippen molar-refractivity contribution in [1.82, 2.24) is 4.68 Å². The molecule has 8 nitrogen and oxygen atoms in total. The quantitative estimate of drug-likeness (QED) is 0.472. The number of carbonyl (C=O) groups is 3. The first-order valence-electron chi connectivity index (χ1n) is 9.46. The van der Waals surface area contributed by atoms with Crippen molar-refractivity contribution in [3.8, 4) is 12.3 Å². The molecule has 8 heteroatoms. The molecule has 0 unspecified atom stereocenters. The lowest BCUT2D eigenvalue weighted by atomic mass is 9.89. The van der Waals surface area contributed by atoms with Crippen LogP contribution in [-0.4, -0.2) is 49.5 Å². The minimum atomic E-state index is -0.591. The monoisotopic (exact) mass is 406 g/mol. The number of amides is 1. The predicted octanol–water partition coefficient (Wildman–Crippen LogP) is 2.07. The number of nitrogens with zero attached hydrogens (tertiary/aromatic N) is 1. The van der Waals surface area contributed by atoms with Crippen molar-refractivity contribution in [3.63, 3.8) is 0 Å². The van der Waals surface area contributed by atoms with E-state index in [0.29, 0.717) is 5.56 Å². The van der Waals surface area contributed by atoms with Gasteiger partial charge in [0.1, 0.15) is 0 Å². The average Bonchev–Trinajstić information content (AvgIpc) is 3.00. The van der Waals surface area contributed by atoms with Gasteiger partial charge in [0.25, 0.3) is 0 Å². The van der Waals surface area contributed by atoms with Crippen LogP contribution in [0.4, 0.5) is 0 Å². The van der Waals surface area contributed by atoms with E-state index in [2.05, 4.69) is 16.1 Å². The van der Waals surface area contributed by atoms with Gasteiger partial charge in [-0.2, -0.15) is 0 Å². The standard InChI is InChI=1S/C21H30N2O6/c1-8-16(15(5)27-6)14(4)20(25)22-23-12-13(3)17(10-11-18(24)28-7)19(23)21(26)29-9-2/h1,12,14-16H,9-11H2,2-7H3,(H,22,25)/t14-,15+,16+/m1/s1. The zero-order chi connectivity index (χ0) is 22.1. The lowest BCUT2D eigenvalue weighted by Crippen LogP contribution is -2.37. The normalized spacial score (nSPS) is 13.7. The van der Waals surface area contributed by atoms with E-state index >= 15 is 0 Å². The summed E-state index contributed by atoms with van der Waals surface area (Å²) in [7, 11) is 2.83. The van der Waals surface area contributed by atoms with Gasteiger partial charge in [-0.1, -0.05) is 12.8 Å². The summed E-state index contributed by atoms with van der Waals surface area (Å²) in [5, 5.41) is 0. The average molecular weight is 406 g/mol. The second kappa shape index (κ2) is 11.3. The Balaban J connectivity index is 3.20. The molecule has 0 fully saturated rings. The molecule has 0 saturated heterocycles. The van der Waals surface area contributed by atoms with Crippen LogP contribution in [0.25, 0.3) is 0 Å². The highest BCUT2D eigenvalue weighted by Gasteiger charge is 2.29. The molecule has 1 N–H and O–H groups in total. The van der Waals surface area contributed by atoms with Crippen molar-refractivity contribution < 1.29 is 28.6 Å². The van der Waals surface area contributed by atoms with Crippen molar-refractivity contribution in [3.05, 3.63) is 23.0 Å². The number of ether oxygens (including phenoxy) is 3. The van der Waals surface area contributed by atoms with Crippen LogP contribution in [0.3, 0.4) is 0 Å². The fourth-order valence-electron chi connectivity index (χ4n) is 3.04. The van der Waals surface area contributed by atoms with Crippen molar-refractivity contribution in [2.24, 2.45) is 11.8 Å². The zero-order valence-corrected chi connectivity index (χ0v) is 17.9. The summed E-state index contributed by atoms with van der Waals surface area (Å²) >= 11 is 0. The number of methoxy groups -OCH3 is 2. The number of nitrogens with one attached hydrogen (secondary N) is 1. The number of rotatable bonds is 10. The van der Waals surface area contributed by atoms with Crippen molar-refractivity contribution in [1.29, 1.82) is 0 Å². The fourth-order valence-corrected chi connectivity index (χ4v) is 3.04. The molecular weight excluding hydrogens is 376 g/mol. The van der Waals surface area contributed by atoms with Gasteiger partial charge in [0, 0.05) is 19.7 Å². The Morgan fingerprint density at radius 2 is 1.93 bits per heavy atom. The largest absolute Gasteiger partial charge is 0.469 e. The Morgan fingerprint density at radius 3 is 2.45 bits per heavy atom. The Kier molecular flexibility index (Phi) is 9.42. The number of hydrogen-bond donors (Lipinski definition) is 1. The zero-order valence-electron chi connectivity index (χ0n) is 17.9. The molecule has 1 aromatic heterocycles. The first-order chi connectivity index (χ1) is 13.7. The summed E-state index contributed by atoms with van der Waals surface area (Å²) in [6.45, 7) is 7.15. The number of hydrogen-bond acceptors (Lipinski definition) is 6. The maximum atomic E-state index is 12.8. The molecule has 0 aliphatic heterocycles. The highest BCUT2D eigenvalue weighted by Crippen LogP contribution is 2.22. The van der Waals surface area contributed by atoms with Crippen molar-refractivity contribution in [2.75, 3.05) is 26.3 Å². The van der Waals surface area contributed by atoms with Crippen LogP contribution in [-0.2, 0) is 30.2 Å². The van der Waals surface area contributed by atoms with E-state index in [-0.39, 0.29) is 37.2 Å². The van der Waals surface area contributed by atoms with E-state index in [0.717, 1.165) is 5.56 Å². The molecule has 0 aliphatic rings. The Labute approximate surface area is 171 Å². The molecule has 3 atom stereocenters. The highest BCUT2D eigenvalue weighted by atomic mass is 16.5. The van der Waals surface area contributed by atoms with E-state index < -0.39 is 23.8 Å². The highest BCUT2D eigenvalue weighted by molar-refractivity contribution is 5.93. The number of terminal acetylenes is 1. The van der Waals surface area contributed by atoms with Gasteiger partial charge in [-0.15, -0.1) is 6.42 Å². The van der Waals surface area contributed by atoms with Crippen LogP contribution in [0, 0.1) is 31.1 Å². The summed E-state index contributed by atoms with van der Waals surface area (Å²) in [5.74, 6) is 0.240. The molecule has 1 amide bonds. The third-order valence-electron chi connectivity index (χ3n) is 4.85. The van der Waals surface area contributed by atoms with Gasteiger partial charge >= 0.3 is 11.9 Å². The molecule has 0 aliphatic carbocycles. The van der Waals surface area contributed by atoms with Gasteiger partial charge in [0.2, 0.25) is 5.91 Å². The lowest BCUT2D eigenvalue weighted by molar-refractivity contribution is -0.140. The van der Waals surface area contributed by atoms with Crippen LogP contribution < -0.4 is 5.43 Å². The van der Waals surface area contributed by atoms with E-state index in [1.54, 1.807) is 33.9 Å². The number of esters is 2. The van der Waals surface area contributed by atoms with E-state index in [1.165, 1.54) is 18.9 Å². The molecule has 0 bridgehead atoms. The van der Waals surface area contributed by atoms with Gasteiger partial charge in [-0.3, -0.25) is 19.7 Å². The Bertz CT molecular complexity index is 777. The maximum absolute atomic E-state index is 12.8. The summed E-state index contributed by atoms with van der Waals surface area (Å²) in [6.07, 6.45) is 7.26. The van der Waals surface area contributed by atoms with Crippen LogP contribution >= 0.6 is 0 Å². The smallest absolute Gasteiger partial charge is 0.357 e. The SMILES string of the molecule is C#C[C@H]([C@H](C)OC)[C@@H](C)C(=O)Nn1cc(C)c(CCC(=O)OC)c1C(=O)OCC. The van der Waals surface area contributed by atoms with E-state index in [1.807, 2.05) is 0 Å². The van der Waals surface area contributed by atoms with Crippen LogP contribution in [0.5, 0.6) is 0 Å². The van der Waals surface area contributed by atoms with E-state index in [4.69, 9.17) is 15.9 Å². The summed E-state index contributed by atoms with van der Waals surface area (Å²) < 4.78 is 16.4. The molecule has 0 radical (unpaired) electrons. The number of carbonyl (C=O) groups excluding carboxylic acids is 3. The first kappa shape index (κ1) is 24.2. The first-order valence-corrected chi connectivity index (χ1v) is 9.46. The summed E-state index contributed by atoms with van der Waals surface area (Å²) in [6, 6.07) is 0. The van der Waals surface area contributed by atoms with Crippen molar-refractivity contribution in [2.45, 2.75) is 46.6 Å². The van der Waals surface area contributed by atoms with Gasteiger partial charge < -0.3 is 14.2 Å². The Morgan fingerprint density at radius 1 is 1.28 bits per heavy atom. The third-order valence-corrected chi connectivity index (χ3v) is 4.85. The molecule has 1 aromatic rings. The molecule has 0 spiro atoms. The molecule has 29 heavy (non-hydrogen) atoms. The molecule has 1 heterocycles. The van der Waals surface area contributed by atoms with Crippen molar-refractivity contribution >= 4 is 17.8 Å². The topological polar surface area (TPSA) is 95.9 Å². The minimum Gasteiger partial charge on any atom is -0.469 e. The van der Waals surface area contributed by atoms with Crippen LogP contribution in [0.1, 0.15) is 48.8 Å². The van der Waals surface area contributed by atoms with Gasteiger partial charge in [0.15, 0.2) is 5.69 Å². The van der Waals surface area contributed by atoms with Crippen LogP contribution in [0.2, 0.25) is 0 Å². The third kappa shape index (κ3) is 6.09. The molecule has 0 saturated carbocycles. The maximum Gasteiger partial charge on any atom is 0.357 e. The molecule has 1 rings (SSSR count). The van der Waals surface area contributed by atoms with Gasteiger partial charge in [-0.05, 0) is 38.3 Å². The molecule has 0 aromatic carbocycles. The summed E-state index contributed by atoms with van der Waals surface area (Å²) in [4.78, 5) is 36.9. The number of aryl methyl sites for hydroxylation is 1. The molecular formula is C21H30N2O6. The number of aromatic nitrogens is 1. The summed E-state index contributed by atoms with van der Waals surface area (Å²) in [5.41, 5.74) is 4.24. The lowest BCUT2D eigenvalue weighted by Gasteiger charge is -2.24. The second-order valence-corrected chi connectivity index (χ2v) is 6.70. The fraction of sp³-hybridized carbons (Fsp3) is 0.571. The van der Waals surface area contributed by atoms with Gasteiger partial charge in [-0.25, -0.2) is 4.79 Å². The van der Waals surface area contributed by atoms with Crippen LogP contribution in [0.15, 0.2) is 6.20 Å². The van der Waals surface area contributed by atoms with Gasteiger partial charge in [0.05, 0.1) is 31.7 Å². The predicted molar refractivity (Wildman–Crippen MR) is 108 cm³/mol. The molecule has 160 valence electrons. The Hall–Kier alpha value is -2.79.